The van der Waals surface area contributed by atoms with Crippen LogP contribution in [0.25, 0.3) is 0 Å². The Morgan fingerprint density at radius 3 is 2.62 bits per heavy atom. The molecule has 1 saturated carbocycles. The number of anilines is 1. The average molecular weight is 487 g/mol. The number of nitrogens with zero attached hydrogens (tertiary/aromatic N) is 1. The van der Waals surface area contributed by atoms with Gasteiger partial charge in [0.1, 0.15) is 9.84 Å². The Bertz CT molecular complexity index is 1210. The molecule has 1 N–H and O–H groups in total. The highest BCUT2D eigenvalue weighted by molar-refractivity contribution is 7.90. The molecule has 4 rings (SSSR count). The fraction of sp³-hybridized carbons (Fsp3) is 0.440. The van der Waals surface area contributed by atoms with Crippen molar-refractivity contribution in [2.45, 2.75) is 38.8 Å². The lowest BCUT2D eigenvalue weighted by Crippen LogP contribution is -2.34. The summed E-state index contributed by atoms with van der Waals surface area (Å²) in [4.78, 5) is 27.5. The predicted molar refractivity (Wildman–Crippen MR) is 129 cm³/mol. The van der Waals surface area contributed by atoms with Crippen LogP contribution >= 0.6 is 0 Å². The number of amides is 2. The summed E-state index contributed by atoms with van der Waals surface area (Å²) in [5, 5.41) is 2.89. The van der Waals surface area contributed by atoms with E-state index >= 15 is 0 Å². The topological polar surface area (TPSA) is 102 Å². The van der Waals surface area contributed by atoms with Gasteiger partial charge in [-0.2, -0.15) is 0 Å². The molecule has 2 aromatic carbocycles. The Labute approximate surface area is 200 Å². The van der Waals surface area contributed by atoms with Crippen LogP contribution in [-0.4, -0.2) is 50.9 Å². The molecule has 1 fully saturated rings. The van der Waals surface area contributed by atoms with Gasteiger partial charge in [-0.3, -0.25) is 9.59 Å². The number of nitrogens with one attached hydrogen (secondary N) is 1. The number of hydrogen-bond donors (Lipinski definition) is 1. The monoisotopic (exact) mass is 486 g/mol. The van der Waals surface area contributed by atoms with Gasteiger partial charge in [0.15, 0.2) is 11.5 Å². The number of rotatable bonds is 10. The van der Waals surface area contributed by atoms with Crippen LogP contribution in [0.1, 0.15) is 53.7 Å². The third-order valence-electron chi connectivity index (χ3n) is 6.04. The molecule has 9 heteroatoms. The fourth-order valence-corrected chi connectivity index (χ4v) is 5.14. The fourth-order valence-electron chi connectivity index (χ4n) is 4.20. The second-order valence-corrected chi connectivity index (χ2v) is 11.1. The summed E-state index contributed by atoms with van der Waals surface area (Å²) < 4.78 is 36.0. The molecule has 182 valence electrons. The summed E-state index contributed by atoms with van der Waals surface area (Å²) in [6.07, 6.45) is 3.68. The maximum Gasteiger partial charge on any atom is 0.257 e. The quantitative estimate of drug-likeness (QED) is 0.551. The molecular weight excluding hydrogens is 456 g/mol. The van der Waals surface area contributed by atoms with Gasteiger partial charge in [-0.05, 0) is 48.6 Å². The van der Waals surface area contributed by atoms with E-state index < -0.39 is 15.9 Å². The minimum absolute atomic E-state index is 0.00212. The molecule has 0 spiro atoms. The van der Waals surface area contributed by atoms with Crippen LogP contribution in [-0.2, 0) is 21.2 Å². The highest BCUT2D eigenvalue weighted by atomic mass is 32.2. The highest BCUT2D eigenvalue weighted by Gasteiger charge is 2.38. The van der Waals surface area contributed by atoms with Crippen LogP contribution in [0.5, 0.6) is 11.5 Å². The summed E-state index contributed by atoms with van der Waals surface area (Å²) in [5.41, 5.74) is 2.29. The van der Waals surface area contributed by atoms with Crippen molar-refractivity contribution in [3.05, 3.63) is 53.1 Å². The molecule has 8 nitrogen and oxygen atoms in total. The highest BCUT2D eigenvalue weighted by Crippen LogP contribution is 2.39. The van der Waals surface area contributed by atoms with Crippen molar-refractivity contribution in [3.63, 3.8) is 0 Å². The zero-order chi connectivity index (χ0) is 24.5. The van der Waals surface area contributed by atoms with E-state index in [0.29, 0.717) is 34.9 Å². The Balaban J connectivity index is 1.69. The van der Waals surface area contributed by atoms with Gasteiger partial charge in [-0.1, -0.05) is 25.1 Å². The molecule has 0 bridgehead atoms. The summed E-state index contributed by atoms with van der Waals surface area (Å²) in [6, 6.07) is 9.86. The van der Waals surface area contributed by atoms with Crippen molar-refractivity contribution < 1.29 is 27.5 Å². The number of fused-ring (bicyclic) bond motifs is 1. The van der Waals surface area contributed by atoms with Crippen molar-refractivity contribution in [2.24, 2.45) is 5.92 Å². The van der Waals surface area contributed by atoms with Gasteiger partial charge in [0.25, 0.3) is 5.91 Å². The maximum atomic E-state index is 13.6. The lowest BCUT2D eigenvalue weighted by atomic mass is 10.1. The Hall–Kier alpha value is -3.07. The number of hydrogen-bond acceptors (Lipinski definition) is 6. The van der Waals surface area contributed by atoms with E-state index in [1.807, 2.05) is 13.0 Å². The van der Waals surface area contributed by atoms with Crippen molar-refractivity contribution >= 4 is 27.3 Å². The summed E-state index contributed by atoms with van der Waals surface area (Å²) in [6.45, 7) is 2.72. The van der Waals surface area contributed by atoms with Crippen molar-refractivity contribution in [1.29, 1.82) is 0 Å². The molecule has 1 atom stereocenters. The molecule has 1 aliphatic heterocycles. The van der Waals surface area contributed by atoms with Crippen molar-refractivity contribution in [1.82, 2.24) is 4.90 Å². The van der Waals surface area contributed by atoms with E-state index in [4.69, 9.17) is 9.47 Å². The Kier molecular flexibility index (Phi) is 6.84. The molecule has 0 radical (unpaired) electrons. The van der Waals surface area contributed by atoms with Crippen LogP contribution in [0, 0.1) is 5.92 Å². The second kappa shape index (κ2) is 9.66. The standard InChI is InChI=1S/C25H30N2O6S/c1-4-12-33-22-13-17(10-11-21(22)32-2)20(15-34(3,30)31)27-14-18-6-5-7-19(23(18)25(27)29)26-24(28)16-8-9-16/h5-7,10-11,13,16,20H,4,8-9,12,14-15H2,1-3H3,(H,26,28)/t20-/m1/s1. The van der Waals surface area contributed by atoms with Crippen molar-refractivity contribution in [2.75, 3.05) is 31.0 Å². The van der Waals surface area contributed by atoms with E-state index in [1.54, 1.807) is 42.3 Å². The van der Waals surface area contributed by atoms with Gasteiger partial charge in [-0.15, -0.1) is 0 Å². The molecular formula is C25H30N2O6S. The largest absolute Gasteiger partial charge is 0.493 e. The molecule has 2 aromatic rings. The van der Waals surface area contributed by atoms with Gasteiger partial charge in [0.05, 0.1) is 36.8 Å². The van der Waals surface area contributed by atoms with Crippen LogP contribution in [0.3, 0.4) is 0 Å². The van der Waals surface area contributed by atoms with Crippen LogP contribution in [0.2, 0.25) is 0 Å². The SMILES string of the molecule is CCCOc1cc([C@@H](CS(C)(=O)=O)N2Cc3cccc(NC(=O)C4CC4)c3C2=O)ccc1OC. The van der Waals surface area contributed by atoms with Crippen LogP contribution in [0.15, 0.2) is 36.4 Å². The molecule has 2 amide bonds. The molecule has 1 aliphatic carbocycles. The average Bonchev–Trinajstić information content (AvgIpc) is 3.59. The van der Waals surface area contributed by atoms with Gasteiger partial charge >= 0.3 is 0 Å². The molecule has 0 saturated heterocycles. The minimum Gasteiger partial charge on any atom is -0.493 e. The van der Waals surface area contributed by atoms with Gasteiger partial charge in [-0.25, -0.2) is 8.42 Å². The third kappa shape index (κ3) is 5.19. The second-order valence-electron chi connectivity index (χ2n) is 8.90. The van der Waals surface area contributed by atoms with Crippen molar-refractivity contribution in [3.8, 4) is 11.5 Å². The van der Waals surface area contributed by atoms with E-state index in [1.165, 1.54) is 0 Å². The number of methoxy groups -OCH3 is 1. The van der Waals surface area contributed by atoms with E-state index in [9.17, 15) is 18.0 Å². The predicted octanol–water partition coefficient (Wildman–Crippen LogP) is 3.57. The molecule has 2 aliphatic rings. The summed E-state index contributed by atoms with van der Waals surface area (Å²) in [5.74, 6) is 0.416. The van der Waals surface area contributed by atoms with E-state index in [0.717, 1.165) is 31.1 Å². The number of sulfone groups is 1. The first-order valence-electron chi connectivity index (χ1n) is 11.4. The first-order valence-corrected chi connectivity index (χ1v) is 13.5. The zero-order valence-corrected chi connectivity index (χ0v) is 20.5. The summed E-state index contributed by atoms with van der Waals surface area (Å²) in [7, 11) is -1.89. The molecule has 0 unspecified atom stereocenters. The van der Waals surface area contributed by atoms with Gasteiger partial charge < -0.3 is 19.7 Å². The number of ether oxygens (including phenoxy) is 2. The minimum atomic E-state index is -3.43. The lowest BCUT2D eigenvalue weighted by Gasteiger charge is -2.28. The third-order valence-corrected chi connectivity index (χ3v) is 6.96. The van der Waals surface area contributed by atoms with E-state index in [-0.39, 0.29) is 30.0 Å². The first-order chi connectivity index (χ1) is 16.2. The van der Waals surface area contributed by atoms with E-state index in [2.05, 4.69) is 5.32 Å². The Morgan fingerprint density at radius 2 is 1.97 bits per heavy atom. The number of benzene rings is 2. The normalized spacial score (nSPS) is 16.2. The summed E-state index contributed by atoms with van der Waals surface area (Å²) >= 11 is 0. The smallest absolute Gasteiger partial charge is 0.257 e. The lowest BCUT2D eigenvalue weighted by molar-refractivity contribution is -0.117. The maximum absolute atomic E-state index is 13.6. The Morgan fingerprint density at radius 1 is 1.21 bits per heavy atom. The first kappa shape index (κ1) is 24.1. The number of carbonyl (C=O) groups is 2. The van der Waals surface area contributed by atoms with Crippen LogP contribution < -0.4 is 14.8 Å². The molecule has 34 heavy (non-hydrogen) atoms. The van der Waals surface area contributed by atoms with Crippen LogP contribution in [0.4, 0.5) is 5.69 Å². The van der Waals surface area contributed by atoms with Gasteiger partial charge in [0.2, 0.25) is 5.91 Å². The van der Waals surface area contributed by atoms with Gasteiger partial charge in [0, 0.05) is 18.7 Å². The molecule has 1 heterocycles. The molecule has 0 aromatic heterocycles. The number of carbonyl (C=O) groups excluding carboxylic acids is 2. The zero-order valence-electron chi connectivity index (χ0n) is 19.7.